The second kappa shape index (κ2) is 9.85. The van der Waals surface area contributed by atoms with E-state index in [2.05, 4.69) is 10.6 Å². The minimum atomic E-state index is -0.412. The number of carbonyl (C=O) groups excluding carboxylic acids is 3. The molecule has 7 heteroatoms. The van der Waals surface area contributed by atoms with E-state index in [0.29, 0.717) is 39.6 Å². The van der Waals surface area contributed by atoms with E-state index in [0.717, 1.165) is 16.7 Å². The van der Waals surface area contributed by atoms with Crippen LogP contribution in [0.2, 0.25) is 0 Å². The average Bonchev–Trinajstić information content (AvgIpc) is 2.85. The highest BCUT2D eigenvalue weighted by Gasteiger charge is 2.25. The summed E-state index contributed by atoms with van der Waals surface area (Å²) in [6.45, 7) is 7.05. The van der Waals surface area contributed by atoms with Crippen LogP contribution in [0, 0.1) is 20.8 Å². The molecule has 2 amide bonds. The molecule has 0 fully saturated rings. The molecule has 0 radical (unpaired) electrons. The van der Waals surface area contributed by atoms with E-state index in [-0.39, 0.29) is 18.4 Å². The topological polar surface area (TPSA) is 93.7 Å². The predicted molar refractivity (Wildman–Crippen MR) is 135 cm³/mol. The third kappa shape index (κ3) is 5.09. The van der Waals surface area contributed by atoms with Crippen molar-refractivity contribution >= 4 is 35.2 Å². The van der Waals surface area contributed by atoms with Gasteiger partial charge in [0.2, 0.25) is 0 Å². The van der Waals surface area contributed by atoms with E-state index in [1.165, 1.54) is 6.92 Å². The third-order valence-corrected chi connectivity index (χ3v) is 5.88. The molecule has 35 heavy (non-hydrogen) atoms. The fourth-order valence-corrected chi connectivity index (χ4v) is 3.94. The maximum absolute atomic E-state index is 13.0. The first-order chi connectivity index (χ1) is 16.7. The third-order valence-electron chi connectivity index (χ3n) is 5.88. The van der Waals surface area contributed by atoms with Gasteiger partial charge in [0.05, 0.1) is 5.57 Å². The number of benzene rings is 3. The van der Waals surface area contributed by atoms with E-state index >= 15 is 0 Å². The number of hydrogen-bond acceptors (Lipinski definition) is 5. The Bertz CT molecular complexity index is 1360. The van der Waals surface area contributed by atoms with Crippen LogP contribution in [0.25, 0.3) is 6.08 Å². The lowest BCUT2D eigenvalue weighted by molar-refractivity contribution is -0.132. The summed E-state index contributed by atoms with van der Waals surface area (Å²) < 4.78 is 11.4. The van der Waals surface area contributed by atoms with Crippen LogP contribution in [0.5, 0.6) is 11.5 Å². The summed E-state index contributed by atoms with van der Waals surface area (Å²) >= 11 is 0. The van der Waals surface area contributed by atoms with Crippen molar-refractivity contribution in [1.29, 1.82) is 0 Å². The number of ether oxygens (including phenoxy) is 2. The minimum absolute atomic E-state index is 0.0969. The molecule has 0 unspecified atom stereocenters. The van der Waals surface area contributed by atoms with Crippen molar-refractivity contribution in [3.63, 3.8) is 0 Å². The monoisotopic (exact) mass is 470 g/mol. The van der Waals surface area contributed by atoms with Gasteiger partial charge < -0.3 is 20.1 Å². The smallest absolute Gasteiger partial charge is 0.308 e. The number of rotatable bonds is 5. The molecule has 0 aromatic heterocycles. The number of esters is 1. The maximum Gasteiger partial charge on any atom is 0.308 e. The van der Waals surface area contributed by atoms with Crippen LogP contribution < -0.4 is 20.1 Å². The highest BCUT2D eigenvalue weighted by Crippen LogP contribution is 2.41. The van der Waals surface area contributed by atoms with Gasteiger partial charge in [-0.15, -0.1) is 0 Å². The molecule has 1 aliphatic heterocycles. The Morgan fingerprint density at radius 2 is 1.51 bits per heavy atom. The summed E-state index contributed by atoms with van der Waals surface area (Å²) in [5, 5.41) is 5.67. The van der Waals surface area contributed by atoms with Gasteiger partial charge in [0.25, 0.3) is 11.8 Å². The number of nitrogens with one attached hydrogen (secondary N) is 2. The Kier molecular flexibility index (Phi) is 6.68. The van der Waals surface area contributed by atoms with Gasteiger partial charge in [-0.2, -0.15) is 0 Å². The highest BCUT2D eigenvalue weighted by molar-refractivity contribution is 6.09. The Balaban J connectivity index is 1.56. The number of para-hydroxylation sites is 1. The van der Waals surface area contributed by atoms with Gasteiger partial charge in [0.15, 0.2) is 0 Å². The van der Waals surface area contributed by atoms with Gasteiger partial charge in [-0.1, -0.05) is 24.3 Å². The first kappa shape index (κ1) is 23.8. The molecule has 1 aliphatic rings. The first-order valence-corrected chi connectivity index (χ1v) is 11.2. The number of carbonyl (C=O) groups is 3. The Hall–Kier alpha value is -4.39. The van der Waals surface area contributed by atoms with Crippen LogP contribution in [0.1, 0.15) is 39.5 Å². The van der Waals surface area contributed by atoms with Gasteiger partial charge in [-0.25, -0.2) is 0 Å². The van der Waals surface area contributed by atoms with E-state index in [1.54, 1.807) is 42.5 Å². The van der Waals surface area contributed by atoms with Crippen molar-refractivity contribution in [2.75, 3.05) is 17.2 Å². The van der Waals surface area contributed by atoms with Crippen molar-refractivity contribution in [2.24, 2.45) is 0 Å². The van der Waals surface area contributed by atoms with Gasteiger partial charge in [-0.05, 0) is 68.3 Å². The van der Waals surface area contributed by atoms with Crippen LogP contribution in [-0.2, 0) is 9.59 Å². The van der Waals surface area contributed by atoms with Crippen LogP contribution in [0.4, 0.5) is 11.4 Å². The molecule has 0 saturated heterocycles. The summed E-state index contributed by atoms with van der Waals surface area (Å²) in [6, 6.07) is 15.9. The summed E-state index contributed by atoms with van der Waals surface area (Å²) in [5.41, 5.74) is 5.11. The van der Waals surface area contributed by atoms with Gasteiger partial charge in [0.1, 0.15) is 18.1 Å². The number of anilines is 2. The van der Waals surface area contributed by atoms with Crippen molar-refractivity contribution in [1.82, 2.24) is 0 Å². The predicted octanol–water partition coefficient (Wildman–Crippen LogP) is 5.20. The van der Waals surface area contributed by atoms with E-state index in [9.17, 15) is 14.4 Å². The minimum Gasteiger partial charge on any atom is -0.488 e. The van der Waals surface area contributed by atoms with Crippen LogP contribution >= 0.6 is 0 Å². The van der Waals surface area contributed by atoms with Crippen molar-refractivity contribution in [3.05, 3.63) is 88.0 Å². The Labute approximate surface area is 203 Å². The second-order valence-electron chi connectivity index (χ2n) is 8.35. The molecule has 3 aromatic carbocycles. The fourth-order valence-electron chi connectivity index (χ4n) is 3.94. The molecule has 0 bridgehead atoms. The quantitative estimate of drug-likeness (QED) is 0.395. The molecule has 0 spiro atoms. The molecular formula is C28H26N2O5. The maximum atomic E-state index is 13.0. The molecule has 0 saturated carbocycles. The average molecular weight is 471 g/mol. The van der Waals surface area contributed by atoms with Crippen molar-refractivity contribution in [2.45, 2.75) is 27.7 Å². The fraction of sp³-hybridized carbons (Fsp3) is 0.179. The molecule has 7 nitrogen and oxygen atoms in total. The summed E-state index contributed by atoms with van der Waals surface area (Å²) in [7, 11) is 0. The number of amides is 2. The largest absolute Gasteiger partial charge is 0.488 e. The zero-order valence-corrected chi connectivity index (χ0v) is 20.0. The number of hydrogen-bond donors (Lipinski definition) is 2. The lowest BCUT2D eigenvalue weighted by atomic mass is 9.94. The van der Waals surface area contributed by atoms with Crippen molar-refractivity contribution in [3.8, 4) is 11.5 Å². The number of fused-ring (bicyclic) bond motifs is 1. The van der Waals surface area contributed by atoms with E-state index < -0.39 is 5.97 Å². The van der Waals surface area contributed by atoms with Crippen LogP contribution in [0.15, 0.2) is 60.2 Å². The molecule has 0 atom stereocenters. The normalized spacial score (nSPS) is 12.1. The van der Waals surface area contributed by atoms with Crippen LogP contribution in [0.3, 0.4) is 0 Å². The highest BCUT2D eigenvalue weighted by atomic mass is 16.5. The lowest BCUT2D eigenvalue weighted by Crippen LogP contribution is -2.22. The standard InChI is InChI=1S/C28H26N2O5/c1-16-17(2)26-24(18(3)25(16)35-19(4)31)14-21(15-34-26)28(33)30-23-12-8-9-20(13-23)27(32)29-22-10-6-5-7-11-22/h5-14H,15H2,1-4H3,(H,29,32)(H,30,33). The molecular weight excluding hydrogens is 444 g/mol. The molecule has 178 valence electrons. The molecule has 0 aliphatic carbocycles. The summed E-state index contributed by atoms with van der Waals surface area (Å²) in [5.74, 6) is 0.119. The summed E-state index contributed by atoms with van der Waals surface area (Å²) in [4.78, 5) is 37.2. The second-order valence-corrected chi connectivity index (χ2v) is 8.35. The molecule has 1 heterocycles. The molecule has 2 N–H and O–H groups in total. The zero-order valence-electron chi connectivity index (χ0n) is 20.0. The first-order valence-electron chi connectivity index (χ1n) is 11.2. The van der Waals surface area contributed by atoms with Gasteiger partial charge in [0, 0.05) is 35.0 Å². The molecule has 3 aromatic rings. The molecule has 4 rings (SSSR count). The van der Waals surface area contributed by atoms with E-state index in [1.807, 2.05) is 39.0 Å². The van der Waals surface area contributed by atoms with E-state index in [4.69, 9.17) is 9.47 Å². The Morgan fingerprint density at radius 3 is 2.23 bits per heavy atom. The Morgan fingerprint density at radius 1 is 0.829 bits per heavy atom. The lowest BCUT2D eigenvalue weighted by Gasteiger charge is -2.24. The zero-order chi connectivity index (χ0) is 25.1. The van der Waals surface area contributed by atoms with Gasteiger partial charge in [-0.3, -0.25) is 14.4 Å². The van der Waals surface area contributed by atoms with Crippen LogP contribution in [-0.4, -0.2) is 24.4 Å². The summed E-state index contributed by atoms with van der Waals surface area (Å²) in [6.07, 6.45) is 1.76. The van der Waals surface area contributed by atoms with Crippen molar-refractivity contribution < 1.29 is 23.9 Å². The SMILES string of the molecule is CC(=O)Oc1c(C)c(C)c2c(c1C)C=C(C(=O)Nc1cccc(C(=O)Nc3ccccc3)c1)CO2. The van der Waals surface area contributed by atoms with Gasteiger partial charge >= 0.3 is 5.97 Å².